The van der Waals surface area contributed by atoms with Crippen molar-refractivity contribution in [2.24, 2.45) is 0 Å². The van der Waals surface area contributed by atoms with Gasteiger partial charge in [-0.05, 0) is 40.5 Å². The van der Waals surface area contributed by atoms with Crippen molar-refractivity contribution in [3.63, 3.8) is 0 Å². The lowest BCUT2D eigenvalue weighted by Gasteiger charge is -2.28. The minimum atomic E-state index is -0.506. The fourth-order valence-corrected chi connectivity index (χ4v) is 2.02. The first-order chi connectivity index (χ1) is 8.33. The predicted octanol–water partition coefficient (Wildman–Crippen LogP) is 2.34. The van der Waals surface area contributed by atoms with E-state index in [-0.39, 0.29) is 24.5 Å². The molecule has 1 heterocycles. The molecule has 18 heavy (non-hydrogen) atoms. The summed E-state index contributed by atoms with van der Waals surface area (Å²) >= 11 is 0. The lowest BCUT2D eigenvalue weighted by atomic mass is 10.1. The average molecular weight is 257 g/mol. The fraction of sp³-hybridized carbons (Fsp3) is 0.846. The second-order valence-electron chi connectivity index (χ2n) is 5.48. The topological polar surface area (TPSA) is 55.8 Å². The second-order valence-corrected chi connectivity index (χ2v) is 5.48. The van der Waals surface area contributed by atoms with Crippen LogP contribution in [0.2, 0.25) is 0 Å². The number of amides is 1. The second kappa shape index (κ2) is 6.07. The van der Waals surface area contributed by atoms with Crippen LogP contribution in [0.15, 0.2) is 0 Å². The van der Waals surface area contributed by atoms with Gasteiger partial charge in [0.25, 0.3) is 0 Å². The van der Waals surface area contributed by atoms with E-state index in [9.17, 15) is 9.59 Å². The van der Waals surface area contributed by atoms with Gasteiger partial charge in [0.05, 0.1) is 13.0 Å². The van der Waals surface area contributed by atoms with Crippen LogP contribution in [0.1, 0.15) is 47.0 Å². The summed E-state index contributed by atoms with van der Waals surface area (Å²) in [4.78, 5) is 25.1. The van der Waals surface area contributed by atoms with E-state index in [4.69, 9.17) is 9.47 Å². The van der Waals surface area contributed by atoms with Gasteiger partial charge in [-0.1, -0.05) is 0 Å². The molecule has 1 rings (SSSR count). The number of rotatable bonds is 3. The zero-order valence-corrected chi connectivity index (χ0v) is 11.7. The van der Waals surface area contributed by atoms with Crippen LogP contribution in [0.25, 0.3) is 0 Å². The summed E-state index contributed by atoms with van der Waals surface area (Å²) in [6.07, 6.45) is 1.66. The fourth-order valence-electron chi connectivity index (χ4n) is 2.02. The van der Waals surface area contributed by atoms with Crippen LogP contribution in [-0.2, 0) is 14.3 Å². The Morgan fingerprint density at radius 3 is 2.56 bits per heavy atom. The van der Waals surface area contributed by atoms with Gasteiger partial charge in [0.1, 0.15) is 5.60 Å². The van der Waals surface area contributed by atoms with E-state index in [0.717, 1.165) is 12.8 Å². The van der Waals surface area contributed by atoms with Crippen LogP contribution in [0.4, 0.5) is 4.79 Å². The lowest BCUT2D eigenvalue weighted by molar-refractivity contribution is -0.144. The van der Waals surface area contributed by atoms with Gasteiger partial charge in [0.15, 0.2) is 0 Å². The molecule has 0 spiro atoms. The highest BCUT2D eigenvalue weighted by Crippen LogP contribution is 2.23. The number of hydrogen-bond acceptors (Lipinski definition) is 4. The van der Waals surface area contributed by atoms with Gasteiger partial charge < -0.3 is 14.4 Å². The Bertz CT molecular complexity index is 309. The van der Waals surface area contributed by atoms with Crippen molar-refractivity contribution in [1.82, 2.24) is 4.90 Å². The van der Waals surface area contributed by atoms with E-state index in [2.05, 4.69) is 0 Å². The van der Waals surface area contributed by atoms with Crippen molar-refractivity contribution in [3.8, 4) is 0 Å². The number of nitrogens with zero attached hydrogens (tertiary/aromatic N) is 1. The number of likely N-dealkylation sites (tertiary alicyclic amines) is 1. The third-order valence-corrected chi connectivity index (χ3v) is 2.71. The van der Waals surface area contributed by atoms with Crippen molar-refractivity contribution in [2.75, 3.05) is 13.2 Å². The van der Waals surface area contributed by atoms with Gasteiger partial charge in [0, 0.05) is 12.6 Å². The molecule has 1 saturated heterocycles. The van der Waals surface area contributed by atoms with Crippen LogP contribution < -0.4 is 0 Å². The number of carbonyl (C=O) groups is 2. The van der Waals surface area contributed by atoms with E-state index in [1.54, 1.807) is 11.8 Å². The average Bonchev–Trinajstić information content (AvgIpc) is 2.63. The highest BCUT2D eigenvalue weighted by atomic mass is 16.6. The highest BCUT2D eigenvalue weighted by molar-refractivity contribution is 5.73. The summed E-state index contributed by atoms with van der Waals surface area (Å²) in [6.45, 7) is 8.30. The largest absolute Gasteiger partial charge is 0.466 e. The molecule has 104 valence electrons. The normalized spacial score (nSPS) is 19.8. The van der Waals surface area contributed by atoms with Crippen molar-refractivity contribution >= 4 is 12.1 Å². The van der Waals surface area contributed by atoms with E-state index >= 15 is 0 Å². The summed E-state index contributed by atoms with van der Waals surface area (Å²) in [5, 5.41) is 0. The molecule has 1 atom stereocenters. The van der Waals surface area contributed by atoms with Crippen LogP contribution in [0, 0.1) is 0 Å². The van der Waals surface area contributed by atoms with E-state index in [0.29, 0.717) is 13.2 Å². The van der Waals surface area contributed by atoms with Gasteiger partial charge in [-0.15, -0.1) is 0 Å². The van der Waals surface area contributed by atoms with Crippen molar-refractivity contribution < 1.29 is 19.1 Å². The van der Waals surface area contributed by atoms with Crippen LogP contribution in [-0.4, -0.2) is 41.8 Å². The quantitative estimate of drug-likeness (QED) is 0.728. The summed E-state index contributed by atoms with van der Waals surface area (Å²) in [5.74, 6) is -0.252. The molecule has 1 aliphatic rings. The first kappa shape index (κ1) is 14.8. The van der Waals surface area contributed by atoms with Crippen LogP contribution in [0.3, 0.4) is 0 Å². The van der Waals surface area contributed by atoms with E-state index < -0.39 is 5.60 Å². The molecule has 0 bridgehead atoms. The molecule has 0 unspecified atom stereocenters. The third-order valence-electron chi connectivity index (χ3n) is 2.71. The molecule has 5 heteroatoms. The molecule has 0 radical (unpaired) electrons. The molecule has 0 aromatic carbocycles. The van der Waals surface area contributed by atoms with E-state index in [1.165, 1.54) is 0 Å². The minimum Gasteiger partial charge on any atom is -0.466 e. The maximum absolute atomic E-state index is 12.0. The van der Waals surface area contributed by atoms with Gasteiger partial charge in [-0.3, -0.25) is 4.79 Å². The Hall–Kier alpha value is -1.26. The third kappa shape index (κ3) is 4.55. The number of ether oxygens (including phenoxy) is 2. The first-order valence-corrected chi connectivity index (χ1v) is 6.48. The Kier molecular flexibility index (Phi) is 4.99. The van der Waals surface area contributed by atoms with Crippen molar-refractivity contribution in [3.05, 3.63) is 0 Å². The molecule has 0 aliphatic carbocycles. The van der Waals surface area contributed by atoms with Gasteiger partial charge >= 0.3 is 12.1 Å². The van der Waals surface area contributed by atoms with Gasteiger partial charge in [-0.2, -0.15) is 0 Å². The SMILES string of the molecule is CCOC(=O)C[C@H]1CCCN1C(=O)OC(C)(C)C. The summed E-state index contributed by atoms with van der Waals surface area (Å²) in [5.41, 5.74) is -0.506. The van der Waals surface area contributed by atoms with Gasteiger partial charge in [0.2, 0.25) is 0 Å². The molecule has 1 amide bonds. The van der Waals surface area contributed by atoms with Crippen LogP contribution >= 0.6 is 0 Å². The molecule has 0 aromatic rings. The Morgan fingerprint density at radius 1 is 1.33 bits per heavy atom. The molecular weight excluding hydrogens is 234 g/mol. The number of esters is 1. The molecule has 0 saturated carbocycles. The lowest BCUT2D eigenvalue weighted by Crippen LogP contribution is -2.40. The Labute approximate surface area is 108 Å². The summed E-state index contributed by atoms with van der Waals surface area (Å²) < 4.78 is 10.2. The van der Waals surface area contributed by atoms with E-state index in [1.807, 2.05) is 20.8 Å². The minimum absolute atomic E-state index is 0.0844. The molecule has 1 aliphatic heterocycles. The number of carbonyl (C=O) groups excluding carboxylic acids is 2. The first-order valence-electron chi connectivity index (χ1n) is 6.48. The van der Waals surface area contributed by atoms with Gasteiger partial charge in [-0.25, -0.2) is 4.79 Å². The highest BCUT2D eigenvalue weighted by Gasteiger charge is 2.33. The summed E-state index contributed by atoms with van der Waals surface area (Å²) in [6, 6.07) is -0.0844. The zero-order chi connectivity index (χ0) is 13.8. The summed E-state index contributed by atoms with van der Waals surface area (Å²) in [7, 11) is 0. The molecule has 0 aromatic heterocycles. The zero-order valence-electron chi connectivity index (χ0n) is 11.7. The number of hydrogen-bond donors (Lipinski definition) is 0. The molecule has 5 nitrogen and oxygen atoms in total. The predicted molar refractivity (Wildman–Crippen MR) is 67.2 cm³/mol. The standard InChI is InChI=1S/C13H23NO4/c1-5-17-11(15)9-10-7-6-8-14(10)12(16)18-13(2,3)4/h10H,5-9H2,1-4H3/t10-/m1/s1. The molecular formula is C13H23NO4. The maximum Gasteiger partial charge on any atom is 0.410 e. The monoisotopic (exact) mass is 257 g/mol. The van der Waals surface area contributed by atoms with Crippen molar-refractivity contribution in [1.29, 1.82) is 0 Å². The van der Waals surface area contributed by atoms with Crippen LogP contribution in [0.5, 0.6) is 0 Å². The molecule has 1 fully saturated rings. The van der Waals surface area contributed by atoms with Crippen molar-refractivity contribution in [2.45, 2.75) is 58.6 Å². The smallest absolute Gasteiger partial charge is 0.410 e. The Morgan fingerprint density at radius 2 is 2.00 bits per heavy atom. The molecule has 0 N–H and O–H groups in total. The maximum atomic E-state index is 12.0. The Balaban J connectivity index is 2.54.